The second-order valence-electron chi connectivity index (χ2n) is 15.7. The van der Waals surface area contributed by atoms with E-state index in [-0.39, 0.29) is 55.1 Å². The third-order valence-corrected chi connectivity index (χ3v) is 13.4. The third-order valence-electron chi connectivity index (χ3n) is 10.6. The van der Waals surface area contributed by atoms with Crippen LogP contribution in [0.1, 0.15) is 66.1 Å². The molecule has 0 saturated heterocycles. The van der Waals surface area contributed by atoms with Gasteiger partial charge in [-0.25, -0.2) is 39.4 Å². The number of carbonyl (C=O) groups excluding carboxylic acids is 1. The number of amides is 1. The quantitative estimate of drug-likeness (QED) is 0.0971. The van der Waals surface area contributed by atoms with E-state index in [1.165, 1.54) is 38.1 Å². The molecule has 0 bridgehead atoms. The van der Waals surface area contributed by atoms with Gasteiger partial charge in [0.15, 0.2) is 21.3 Å². The molecule has 3 heterocycles. The molecule has 1 fully saturated rings. The molecule has 3 atom stereocenters. The summed E-state index contributed by atoms with van der Waals surface area (Å²) in [5.74, 6) is -4.96. The Morgan fingerprint density at radius 2 is 1.63 bits per heavy atom. The second kappa shape index (κ2) is 15.7. The lowest BCUT2D eigenvalue weighted by Gasteiger charge is -2.23. The van der Waals surface area contributed by atoms with Gasteiger partial charge in [-0.15, -0.1) is 0 Å². The number of anilines is 1. The van der Waals surface area contributed by atoms with Crippen LogP contribution in [-0.4, -0.2) is 71.0 Å². The minimum absolute atomic E-state index is 0.0502. The summed E-state index contributed by atoms with van der Waals surface area (Å²) in [6, 6.07) is 5.81. The van der Waals surface area contributed by atoms with E-state index >= 15 is 8.78 Å². The highest BCUT2D eigenvalue weighted by molar-refractivity contribution is 7.92. The van der Waals surface area contributed by atoms with Crippen molar-refractivity contribution in [3.8, 4) is 23.0 Å². The molecule has 63 heavy (non-hydrogen) atoms. The van der Waals surface area contributed by atoms with Gasteiger partial charge in [-0.3, -0.25) is 18.9 Å². The van der Waals surface area contributed by atoms with E-state index < -0.39 is 121 Å². The fourth-order valence-corrected chi connectivity index (χ4v) is 8.47. The van der Waals surface area contributed by atoms with Crippen LogP contribution >= 0.6 is 11.6 Å². The highest BCUT2D eigenvalue weighted by Gasteiger charge is 2.68. The Hall–Kier alpha value is -5.34. The summed E-state index contributed by atoms with van der Waals surface area (Å²) < 4.78 is 182. The Morgan fingerprint density at radius 1 is 0.984 bits per heavy atom. The number of nitrogens with zero attached hydrogens (tertiary/aromatic N) is 5. The van der Waals surface area contributed by atoms with Gasteiger partial charge in [0.1, 0.15) is 40.9 Å². The van der Waals surface area contributed by atoms with E-state index in [9.17, 15) is 52.4 Å². The van der Waals surface area contributed by atoms with Crippen molar-refractivity contribution in [3.05, 3.63) is 93.0 Å². The van der Waals surface area contributed by atoms with Crippen LogP contribution in [-0.2, 0) is 56.3 Å². The summed E-state index contributed by atoms with van der Waals surface area (Å²) in [6.45, 7) is 0.259. The Morgan fingerprint density at radius 3 is 2.24 bits per heavy atom. The fourth-order valence-electron chi connectivity index (χ4n) is 7.50. The van der Waals surface area contributed by atoms with Gasteiger partial charge in [-0.1, -0.05) is 23.6 Å². The van der Waals surface area contributed by atoms with Gasteiger partial charge in [0.05, 0.1) is 33.9 Å². The number of fused-ring (bicyclic) bond motifs is 4. The zero-order valence-corrected chi connectivity index (χ0v) is 35.4. The molecule has 5 aromatic rings. The Bertz CT molecular complexity index is 2980. The number of hydrogen-bond acceptors (Lipinski definition) is 8. The summed E-state index contributed by atoms with van der Waals surface area (Å²) in [5.41, 5.74) is -4.32. The van der Waals surface area contributed by atoms with Gasteiger partial charge < -0.3 is 5.32 Å². The number of alkyl halides is 7. The van der Waals surface area contributed by atoms with E-state index in [0.29, 0.717) is 6.07 Å². The molecule has 0 aliphatic heterocycles. The second-order valence-corrected chi connectivity index (χ2v) is 20.4. The van der Waals surface area contributed by atoms with Gasteiger partial charge in [0, 0.05) is 34.9 Å². The van der Waals surface area contributed by atoms with Gasteiger partial charge in [-0.2, -0.15) is 32.1 Å². The predicted octanol–water partition coefficient (Wildman–Crippen LogP) is 7.37. The number of carbonyl (C=O) groups is 1. The summed E-state index contributed by atoms with van der Waals surface area (Å²) in [5, 5.41) is 9.59. The highest BCUT2D eigenvalue weighted by atomic mass is 35.5. The number of pyridine rings is 1. The molecule has 0 unspecified atom stereocenters. The van der Waals surface area contributed by atoms with Crippen LogP contribution < -0.4 is 10.0 Å². The van der Waals surface area contributed by atoms with Crippen molar-refractivity contribution in [2.24, 2.45) is 5.92 Å². The molecule has 3 aromatic heterocycles. The lowest BCUT2D eigenvalue weighted by Crippen LogP contribution is -2.35. The molecule has 336 valence electrons. The van der Waals surface area contributed by atoms with E-state index in [0.717, 1.165) is 29.3 Å². The average Bonchev–Trinajstić information content (AvgIpc) is 3.66. The summed E-state index contributed by atoms with van der Waals surface area (Å²) in [4.78, 5) is 18.6. The van der Waals surface area contributed by atoms with Crippen LogP contribution in [0, 0.1) is 29.4 Å². The van der Waals surface area contributed by atoms with Crippen LogP contribution in [0.25, 0.3) is 22.0 Å². The van der Waals surface area contributed by atoms with E-state index in [2.05, 4.69) is 37.1 Å². The van der Waals surface area contributed by atoms with E-state index in [4.69, 9.17) is 11.6 Å². The van der Waals surface area contributed by atoms with Gasteiger partial charge in [-0.05, 0) is 74.4 Å². The summed E-state index contributed by atoms with van der Waals surface area (Å²) in [7, 11) is -7.91. The topological polar surface area (TPSA) is 158 Å². The smallest absolute Gasteiger partial charge is 0.346 e. The first-order valence-corrected chi connectivity index (χ1v) is 22.7. The molecule has 12 nitrogen and oxygen atoms in total. The Labute approximate surface area is 358 Å². The summed E-state index contributed by atoms with van der Waals surface area (Å²) >= 11 is 6.51. The van der Waals surface area contributed by atoms with Crippen molar-refractivity contribution >= 4 is 54.1 Å². The SMILES string of the molecule is CC(C)(C#Cc1ccc(-c2ccc(Cl)c3c(NS(C)(=O)=O)nn(CC(F)F)c23)c([C@H](Cc2cc(F)cc(F)c2)NC(=O)Cn2nc(C(F)(F)F)c3c2C(F)(F)[C@@H]2C[C@H]32)n1)S(C)(=O)=O. The highest BCUT2D eigenvalue weighted by Crippen LogP contribution is 2.68. The molecule has 7 rings (SSSR count). The number of halogens is 10. The zero-order valence-electron chi connectivity index (χ0n) is 33.1. The van der Waals surface area contributed by atoms with Crippen LogP contribution in [0.3, 0.4) is 0 Å². The first-order chi connectivity index (χ1) is 29.1. The molecule has 2 aromatic carbocycles. The number of benzene rings is 2. The van der Waals surface area contributed by atoms with Gasteiger partial charge in [0.2, 0.25) is 15.9 Å². The molecular weight excluding hydrogens is 917 g/mol. The standard InChI is InChI=1S/C39H33ClF9N7O5S2/c1-37(2,62(3,58)59)10-9-21-5-6-22(23-7-8-26(40)31-33(23)55(16-28(43)44)53-36(31)54-63(4,60)61)32(50-21)27(13-18-11-19(41)14-20(42)12-18)51-29(57)17-56-35-30(34(52-56)39(47,48)49)24-15-25(24)38(35,45)46/h5-8,11-12,14,24-25,27-28H,13,15-17H2,1-4H3,(H,51,57)(H,53,54)/t24-,25+,27-/m0/s1. The largest absolute Gasteiger partial charge is 0.435 e. The third kappa shape index (κ3) is 9.06. The number of hydrogen-bond donors (Lipinski definition) is 2. The minimum atomic E-state index is -5.16. The van der Waals surface area contributed by atoms with E-state index in [1.807, 2.05) is 0 Å². The fraction of sp³-hybridized carbons (Fsp3) is 0.385. The molecule has 2 N–H and O–H groups in total. The van der Waals surface area contributed by atoms with E-state index in [1.54, 1.807) is 0 Å². The Kier molecular flexibility index (Phi) is 11.4. The predicted molar refractivity (Wildman–Crippen MR) is 211 cm³/mol. The van der Waals surface area contributed by atoms with Crippen molar-refractivity contribution in [2.45, 2.75) is 75.0 Å². The number of sulfone groups is 1. The number of rotatable bonds is 12. The van der Waals surface area contributed by atoms with Crippen molar-refractivity contribution in [1.82, 2.24) is 29.9 Å². The number of nitrogens with one attached hydrogen (secondary N) is 2. The Balaban J connectivity index is 1.44. The average molecular weight is 950 g/mol. The van der Waals surface area contributed by atoms with Crippen LogP contribution in [0.4, 0.5) is 45.3 Å². The lowest BCUT2D eigenvalue weighted by atomic mass is 9.93. The molecule has 24 heteroatoms. The van der Waals surface area contributed by atoms with Gasteiger partial charge in [0.25, 0.3) is 12.3 Å². The lowest BCUT2D eigenvalue weighted by molar-refractivity contribution is -0.142. The number of aromatic nitrogens is 5. The van der Waals surface area contributed by atoms with Crippen LogP contribution in [0.5, 0.6) is 0 Å². The molecule has 1 amide bonds. The maximum Gasteiger partial charge on any atom is 0.435 e. The normalized spacial score (nSPS) is 17.6. The van der Waals surface area contributed by atoms with Crippen LogP contribution in [0.15, 0.2) is 42.5 Å². The summed E-state index contributed by atoms with van der Waals surface area (Å²) in [6.07, 6.45) is -7.33. The molecular formula is C39H33ClF9N7O5S2. The first kappa shape index (κ1) is 45.7. The minimum Gasteiger partial charge on any atom is -0.346 e. The van der Waals surface area contributed by atoms with Gasteiger partial charge >= 0.3 is 6.18 Å². The molecule has 0 spiro atoms. The van der Waals surface area contributed by atoms with Crippen molar-refractivity contribution in [2.75, 3.05) is 17.2 Å². The molecule has 2 aliphatic carbocycles. The molecule has 1 saturated carbocycles. The molecule has 2 aliphatic rings. The maximum absolute atomic E-state index is 15.5. The number of sulfonamides is 1. The van der Waals surface area contributed by atoms with Crippen molar-refractivity contribution in [3.63, 3.8) is 0 Å². The maximum atomic E-state index is 15.5. The molecule has 0 radical (unpaired) electrons. The van der Waals surface area contributed by atoms with Crippen LogP contribution in [0.2, 0.25) is 5.02 Å². The van der Waals surface area contributed by atoms with Crippen molar-refractivity contribution in [1.29, 1.82) is 0 Å². The zero-order chi connectivity index (χ0) is 46.4. The monoisotopic (exact) mass is 949 g/mol. The van der Waals surface area contributed by atoms with Crippen molar-refractivity contribution < 1.29 is 61.1 Å². The first-order valence-electron chi connectivity index (χ1n) is 18.5.